The van der Waals surface area contributed by atoms with E-state index in [-0.39, 0.29) is 29.5 Å². The molecule has 0 fully saturated rings. The van der Waals surface area contributed by atoms with Crippen LogP contribution in [0.3, 0.4) is 0 Å². The van der Waals surface area contributed by atoms with E-state index in [0.717, 1.165) is 16.3 Å². The molecule has 6 rings (SSSR count). The fourth-order valence-electron chi connectivity index (χ4n) is 4.45. The Balaban J connectivity index is 1.42. The van der Waals surface area contributed by atoms with Gasteiger partial charge in [0.25, 0.3) is 0 Å². The van der Waals surface area contributed by atoms with Gasteiger partial charge in [-0.2, -0.15) is 18.3 Å². The van der Waals surface area contributed by atoms with E-state index in [9.17, 15) is 18.0 Å². The average molecular weight is 494 g/mol. The number of amides is 1. The van der Waals surface area contributed by atoms with Crippen LogP contribution in [0.25, 0.3) is 17.0 Å². The van der Waals surface area contributed by atoms with E-state index in [1.807, 2.05) is 0 Å². The Labute approximate surface area is 200 Å². The maximum Gasteiger partial charge on any atom is 0.418 e. The summed E-state index contributed by atoms with van der Waals surface area (Å²) in [5.41, 5.74) is 1.80. The number of imidazole rings is 1. The molecular formula is C23H17F3N8O2. The lowest BCUT2D eigenvalue weighted by atomic mass is 9.99. The molecule has 0 bridgehead atoms. The highest BCUT2D eigenvalue weighted by atomic mass is 19.4. The van der Waals surface area contributed by atoms with Crippen LogP contribution < -0.4 is 0 Å². The van der Waals surface area contributed by atoms with Crippen molar-refractivity contribution in [3.63, 3.8) is 0 Å². The molecule has 0 unspecified atom stereocenters. The predicted octanol–water partition coefficient (Wildman–Crippen LogP) is 3.62. The molecule has 182 valence electrons. The lowest BCUT2D eigenvalue weighted by Gasteiger charge is -2.32. The number of alkyl halides is 3. The van der Waals surface area contributed by atoms with Crippen molar-refractivity contribution in [1.29, 1.82) is 0 Å². The van der Waals surface area contributed by atoms with Gasteiger partial charge in [0.2, 0.25) is 5.89 Å². The van der Waals surface area contributed by atoms with Gasteiger partial charge in [-0.25, -0.2) is 9.50 Å². The number of H-pyrrole nitrogens is 1. The number of rotatable bonds is 3. The summed E-state index contributed by atoms with van der Waals surface area (Å²) < 4.78 is 47.6. The molecule has 13 heteroatoms. The quantitative estimate of drug-likeness (QED) is 0.407. The highest BCUT2D eigenvalue weighted by Crippen LogP contribution is 2.37. The summed E-state index contributed by atoms with van der Waals surface area (Å²) in [6, 6.07) is 6.20. The molecule has 0 saturated carbocycles. The van der Waals surface area contributed by atoms with Crippen LogP contribution in [0.1, 0.15) is 45.1 Å². The van der Waals surface area contributed by atoms with Crippen molar-refractivity contribution < 1.29 is 22.4 Å². The summed E-state index contributed by atoms with van der Waals surface area (Å²) in [5, 5.41) is 12.3. The number of nitrogens with zero attached hydrogens (tertiary/aromatic N) is 7. The zero-order chi connectivity index (χ0) is 25.0. The molecule has 0 aliphatic carbocycles. The van der Waals surface area contributed by atoms with Gasteiger partial charge >= 0.3 is 18.0 Å². The average Bonchev–Trinajstić information content (AvgIpc) is 3.61. The number of nitrogens with one attached hydrogen (secondary N) is 1. The second-order valence-corrected chi connectivity index (χ2v) is 8.28. The topological polar surface area (TPSA) is 118 Å². The number of aryl methyl sites for hydroxylation is 1. The van der Waals surface area contributed by atoms with E-state index in [2.05, 4.69) is 30.2 Å². The Morgan fingerprint density at radius 2 is 2.06 bits per heavy atom. The van der Waals surface area contributed by atoms with Crippen LogP contribution in [0.4, 0.5) is 13.2 Å². The molecule has 0 spiro atoms. The number of hydrogen-bond donors (Lipinski definition) is 1. The molecule has 1 amide bonds. The Hall–Kier alpha value is -4.55. The monoisotopic (exact) mass is 494 g/mol. The fraction of sp³-hybridized carbons (Fsp3) is 0.217. The number of pyridine rings is 2. The predicted molar refractivity (Wildman–Crippen MR) is 118 cm³/mol. The van der Waals surface area contributed by atoms with Crippen LogP contribution >= 0.6 is 0 Å². The molecular weight excluding hydrogens is 477 g/mol. The summed E-state index contributed by atoms with van der Waals surface area (Å²) in [7, 11) is 0. The molecule has 1 N–H and O–H groups in total. The summed E-state index contributed by atoms with van der Waals surface area (Å²) >= 11 is 0. The van der Waals surface area contributed by atoms with E-state index in [1.54, 1.807) is 25.3 Å². The maximum atomic E-state index is 13.6. The third kappa shape index (κ3) is 3.51. The fourth-order valence-corrected chi connectivity index (χ4v) is 4.45. The van der Waals surface area contributed by atoms with Gasteiger partial charge in [-0.15, -0.1) is 10.2 Å². The molecule has 1 aliphatic heterocycles. The Morgan fingerprint density at radius 1 is 1.19 bits per heavy atom. The molecule has 10 nitrogen and oxygen atoms in total. The highest BCUT2D eigenvalue weighted by molar-refractivity contribution is 5.90. The minimum atomic E-state index is -4.57. The number of fused-ring (bicyclic) bond motifs is 2. The van der Waals surface area contributed by atoms with E-state index >= 15 is 0 Å². The van der Waals surface area contributed by atoms with Crippen molar-refractivity contribution >= 4 is 11.4 Å². The lowest BCUT2D eigenvalue weighted by molar-refractivity contribution is -0.136. The number of aromatic amines is 1. The number of carbonyl (C=O) groups is 1. The van der Waals surface area contributed by atoms with Gasteiger partial charge in [-0.3, -0.25) is 9.78 Å². The van der Waals surface area contributed by atoms with Crippen molar-refractivity contribution in [3.05, 3.63) is 83.3 Å². The van der Waals surface area contributed by atoms with E-state index in [4.69, 9.17) is 4.42 Å². The van der Waals surface area contributed by atoms with Crippen LogP contribution in [0, 0.1) is 6.92 Å². The Kier molecular flexibility index (Phi) is 4.88. The second kappa shape index (κ2) is 8.00. The molecule has 0 saturated heterocycles. The molecule has 0 radical (unpaired) electrons. The van der Waals surface area contributed by atoms with Crippen molar-refractivity contribution in [3.8, 4) is 11.5 Å². The Morgan fingerprint density at radius 3 is 2.86 bits per heavy atom. The number of aromatic nitrogens is 7. The summed E-state index contributed by atoms with van der Waals surface area (Å²) in [4.78, 5) is 26.6. The van der Waals surface area contributed by atoms with Gasteiger partial charge in [0.1, 0.15) is 6.04 Å². The summed E-state index contributed by atoms with van der Waals surface area (Å²) in [6.45, 7) is 2.02. The zero-order valence-corrected chi connectivity index (χ0v) is 18.7. The van der Waals surface area contributed by atoms with Crippen LogP contribution in [-0.2, 0) is 12.6 Å². The van der Waals surface area contributed by atoms with Crippen molar-refractivity contribution in [2.45, 2.75) is 25.6 Å². The smallest absolute Gasteiger partial charge is 0.412 e. The zero-order valence-electron chi connectivity index (χ0n) is 18.7. The first-order valence-corrected chi connectivity index (χ1v) is 11.0. The lowest BCUT2D eigenvalue weighted by Crippen LogP contribution is -2.41. The molecule has 5 aromatic rings. The highest BCUT2D eigenvalue weighted by Gasteiger charge is 2.39. The van der Waals surface area contributed by atoms with Gasteiger partial charge in [0.05, 0.1) is 34.4 Å². The third-order valence-electron chi connectivity index (χ3n) is 6.14. The number of hydrogen-bond acceptors (Lipinski definition) is 7. The minimum absolute atomic E-state index is 0.123. The summed E-state index contributed by atoms with van der Waals surface area (Å²) in [5.74, 6) is -0.695. The van der Waals surface area contributed by atoms with Gasteiger partial charge in [0, 0.05) is 36.7 Å². The Bertz CT molecular complexity index is 1600. The van der Waals surface area contributed by atoms with Gasteiger partial charge in [-0.1, -0.05) is 0 Å². The standard InChI is InChI=1S/C23H17F3N8O2/c1-12-13(4-2-7-27-12)20-30-31-21(36-20)22(35)33-9-6-15-18(29-11-28-15)19(33)16-10-17-14(23(24,25)26)5-3-8-34(17)32-16/h2-5,7-8,10-11,19H,6,9H2,1H3,(H,28,29)/t19-/m1/s1. The third-order valence-corrected chi connectivity index (χ3v) is 6.14. The van der Waals surface area contributed by atoms with Crippen molar-refractivity contribution in [2.75, 3.05) is 6.54 Å². The van der Waals surface area contributed by atoms with Gasteiger partial charge in [-0.05, 0) is 37.3 Å². The van der Waals surface area contributed by atoms with E-state index in [1.165, 1.54) is 29.6 Å². The van der Waals surface area contributed by atoms with Gasteiger partial charge in [0.15, 0.2) is 0 Å². The van der Waals surface area contributed by atoms with Crippen LogP contribution in [-0.4, -0.2) is 52.1 Å². The first-order valence-electron chi connectivity index (χ1n) is 11.0. The molecule has 6 heterocycles. The number of halogens is 3. The van der Waals surface area contributed by atoms with Crippen LogP contribution in [0.5, 0.6) is 0 Å². The second-order valence-electron chi connectivity index (χ2n) is 8.28. The number of carbonyl (C=O) groups excluding carboxylic acids is 1. The normalized spacial score (nSPS) is 15.9. The summed E-state index contributed by atoms with van der Waals surface area (Å²) in [6.07, 6.45) is 0.430. The molecule has 1 aliphatic rings. The van der Waals surface area contributed by atoms with Crippen molar-refractivity contribution in [2.24, 2.45) is 0 Å². The van der Waals surface area contributed by atoms with Crippen LogP contribution in [0.2, 0.25) is 0 Å². The van der Waals surface area contributed by atoms with Crippen molar-refractivity contribution in [1.82, 2.24) is 39.7 Å². The first kappa shape index (κ1) is 21.9. The SMILES string of the molecule is Cc1ncccc1-c1nnc(C(=O)N2CCc3[nH]cnc3[C@H]2c2cc3c(C(F)(F)F)cccn3n2)o1. The first-order chi connectivity index (χ1) is 17.3. The molecule has 0 aromatic carbocycles. The molecule has 36 heavy (non-hydrogen) atoms. The molecule has 1 atom stereocenters. The largest absolute Gasteiger partial charge is 0.418 e. The van der Waals surface area contributed by atoms with Crippen LogP contribution in [0.15, 0.2) is 53.5 Å². The molecule has 5 aromatic heterocycles. The van der Waals surface area contributed by atoms with E-state index in [0.29, 0.717) is 23.4 Å². The van der Waals surface area contributed by atoms with Gasteiger partial charge < -0.3 is 14.3 Å². The van der Waals surface area contributed by atoms with E-state index < -0.39 is 23.7 Å². The maximum absolute atomic E-state index is 13.6. The minimum Gasteiger partial charge on any atom is -0.412 e.